The Morgan fingerprint density at radius 3 is 1.92 bits per heavy atom. The Balaban J connectivity index is 1.34. The molecule has 13 nitrogen and oxygen atoms in total. The average molecular weight is 719 g/mol. The first-order valence-corrected chi connectivity index (χ1v) is 19.2. The van der Waals surface area contributed by atoms with Gasteiger partial charge in [0.25, 0.3) is 0 Å². The summed E-state index contributed by atoms with van der Waals surface area (Å²) in [7, 11) is -1.47. The van der Waals surface area contributed by atoms with E-state index < -0.39 is 20.3 Å². The summed E-state index contributed by atoms with van der Waals surface area (Å²) in [4.78, 5) is 40.4. The molecule has 0 bridgehead atoms. The lowest BCUT2D eigenvalue weighted by molar-refractivity contribution is -0.147. The van der Waals surface area contributed by atoms with Gasteiger partial charge in [-0.15, -0.1) is 0 Å². The van der Waals surface area contributed by atoms with Crippen molar-refractivity contribution in [2.45, 2.75) is 78.0 Å². The molecule has 0 amide bonds. The predicted octanol–water partition coefficient (Wildman–Crippen LogP) is 5.07. The molecule has 2 aromatic carbocycles. The highest BCUT2D eigenvalue weighted by atomic mass is 31.1. The van der Waals surface area contributed by atoms with Crippen LogP contribution in [0.1, 0.15) is 51.7 Å². The number of nitrogen functional groups attached to an aromatic ring is 1. The maximum atomic E-state index is 13.5. The van der Waals surface area contributed by atoms with Gasteiger partial charge in [-0.1, -0.05) is 88.4 Å². The molecule has 2 atom stereocenters. The first-order chi connectivity index (χ1) is 24.6. The van der Waals surface area contributed by atoms with Crippen LogP contribution in [0.4, 0.5) is 11.8 Å². The molecular formula is C37H51N8O5P. The number of carbonyl (C=O) groups is 2. The Bertz CT molecular complexity index is 1620. The zero-order valence-corrected chi connectivity index (χ0v) is 30.9. The van der Waals surface area contributed by atoms with Gasteiger partial charge in [-0.25, -0.2) is 4.98 Å². The van der Waals surface area contributed by atoms with Crippen molar-refractivity contribution in [2.75, 3.05) is 37.2 Å². The number of benzene rings is 2. The fourth-order valence-corrected chi connectivity index (χ4v) is 6.90. The second kappa shape index (κ2) is 18.9. The Morgan fingerprint density at radius 2 is 1.41 bits per heavy atom. The maximum Gasteiger partial charge on any atom is 0.323 e. The number of hydrogen-bond acceptors (Lipinski definition) is 12. The van der Waals surface area contributed by atoms with Crippen molar-refractivity contribution in [3.63, 3.8) is 0 Å². The molecule has 2 heterocycles. The smallest absolute Gasteiger partial charge is 0.323 e. The normalized spacial score (nSPS) is 14.3. The molecule has 274 valence electrons. The molecule has 0 aliphatic heterocycles. The highest BCUT2D eigenvalue weighted by Crippen LogP contribution is 2.30. The number of carbonyl (C=O) groups excluding carboxylic acids is 2. The highest BCUT2D eigenvalue weighted by molar-refractivity contribution is 7.53. The quantitative estimate of drug-likeness (QED) is 0.0514. The largest absolute Gasteiger partial charge is 0.464 e. The van der Waals surface area contributed by atoms with E-state index in [9.17, 15) is 9.59 Å². The number of fused-ring (bicyclic) bond motifs is 1. The summed E-state index contributed by atoms with van der Waals surface area (Å²) in [6.07, 6.45) is 4.89. The third-order valence-electron chi connectivity index (χ3n) is 7.97. The van der Waals surface area contributed by atoms with Crippen molar-refractivity contribution in [3.8, 4) is 0 Å². The molecule has 0 saturated heterocycles. The third kappa shape index (κ3) is 12.2. The number of hydrogen-bond donors (Lipinski definition) is 4. The second-order valence-corrected chi connectivity index (χ2v) is 15.3. The van der Waals surface area contributed by atoms with Gasteiger partial charge >= 0.3 is 11.9 Å². The Kier molecular flexibility index (Phi) is 14.1. The minimum Gasteiger partial charge on any atom is -0.464 e. The summed E-state index contributed by atoms with van der Waals surface area (Å²) in [5.74, 6) is 0.455. The number of nitrogens with zero attached hydrogens (tertiary/aromatic N) is 4. The second-order valence-electron chi connectivity index (χ2n) is 13.7. The first kappa shape index (κ1) is 38.1. The van der Waals surface area contributed by atoms with E-state index in [2.05, 4.69) is 30.4 Å². The minimum atomic E-state index is -1.47. The lowest BCUT2D eigenvalue weighted by Gasteiger charge is -2.29. The van der Waals surface area contributed by atoms with E-state index in [1.54, 1.807) is 6.33 Å². The maximum absolute atomic E-state index is 13.5. The van der Waals surface area contributed by atoms with Gasteiger partial charge in [0.1, 0.15) is 12.1 Å². The molecule has 1 fully saturated rings. The summed E-state index contributed by atoms with van der Waals surface area (Å²) in [6.45, 7) is 9.37. The number of nitrogens with two attached hydrogens (primary N) is 1. The Hall–Kier alpha value is -4.16. The van der Waals surface area contributed by atoms with Gasteiger partial charge < -0.3 is 29.8 Å². The standard InChI is InChI=1S/C37H51N8O5P/c1-25(2)21-49-35(46)30(19-27-11-7-5-8-12-27)43-51(44-31(36(47)50-22-26(3)4)20-28-13-9-6-10-14-28)24-48-18-17-45-23-39-32-33(40-29-15-16-29)41-37(38)42-34(32)45/h5-14,23,25-26,29-31,43-44H,15-22,24H2,1-4H3,(H3,38,40,41,42)/t30-,31-/m0/s1. The lowest BCUT2D eigenvalue weighted by atomic mass is 10.1. The number of aromatic nitrogens is 4. The van der Waals surface area contributed by atoms with Gasteiger partial charge in [0.15, 0.2) is 17.0 Å². The van der Waals surface area contributed by atoms with Crippen LogP contribution < -0.4 is 21.2 Å². The van der Waals surface area contributed by atoms with Crippen LogP contribution in [0.15, 0.2) is 67.0 Å². The van der Waals surface area contributed by atoms with Crippen LogP contribution in [0.2, 0.25) is 0 Å². The minimum absolute atomic E-state index is 0.174. The molecular weight excluding hydrogens is 667 g/mol. The average Bonchev–Trinajstić information content (AvgIpc) is 3.84. The molecule has 0 spiro atoms. The van der Waals surface area contributed by atoms with E-state index in [0.29, 0.717) is 62.2 Å². The number of nitrogens with one attached hydrogen (secondary N) is 3. The van der Waals surface area contributed by atoms with Crippen LogP contribution in [0, 0.1) is 11.8 Å². The first-order valence-electron chi connectivity index (χ1n) is 17.7. The van der Waals surface area contributed by atoms with Gasteiger partial charge in [-0.05, 0) is 48.6 Å². The van der Waals surface area contributed by atoms with Crippen molar-refractivity contribution in [1.82, 2.24) is 29.7 Å². The van der Waals surface area contributed by atoms with Crippen molar-refractivity contribution in [1.29, 1.82) is 0 Å². The van der Waals surface area contributed by atoms with Crippen molar-refractivity contribution >= 4 is 43.1 Å². The topological polar surface area (TPSA) is 168 Å². The summed E-state index contributed by atoms with van der Waals surface area (Å²) in [5.41, 5.74) is 9.29. The predicted molar refractivity (Wildman–Crippen MR) is 200 cm³/mol. The van der Waals surface area contributed by atoms with Gasteiger partial charge in [0.2, 0.25) is 5.95 Å². The van der Waals surface area contributed by atoms with Crippen molar-refractivity contribution < 1.29 is 23.8 Å². The van der Waals surface area contributed by atoms with E-state index in [1.165, 1.54) is 0 Å². The number of imidazole rings is 1. The Morgan fingerprint density at radius 1 is 0.863 bits per heavy atom. The van der Waals surface area contributed by atoms with Crippen molar-refractivity contribution in [2.24, 2.45) is 11.8 Å². The molecule has 1 aliphatic rings. The molecule has 4 aromatic rings. The molecule has 51 heavy (non-hydrogen) atoms. The molecule has 5 rings (SSSR count). The zero-order valence-electron chi connectivity index (χ0n) is 30.0. The number of rotatable bonds is 21. The molecule has 0 unspecified atom stereocenters. The number of ether oxygens (including phenoxy) is 3. The molecule has 0 radical (unpaired) electrons. The van der Waals surface area contributed by atoms with Gasteiger partial charge in [0.05, 0.1) is 40.7 Å². The van der Waals surface area contributed by atoms with Crippen LogP contribution in [-0.2, 0) is 43.2 Å². The summed E-state index contributed by atoms with van der Waals surface area (Å²) in [6, 6.07) is 18.6. The van der Waals surface area contributed by atoms with Crippen LogP contribution in [-0.4, -0.2) is 75.8 Å². The highest BCUT2D eigenvalue weighted by Gasteiger charge is 2.30. The van der Waals surface area contributed by atoms with E-state index in [0.717, 1.165) is 24.0 Å². The number of anilines is 2. The van der Waals surface area contributed by atoms with Gasteiger partial charge in [0, 0.05) is 12.6 Å². The summed E-state index contributed by atoms with van der Waals surface area (Å²) in [5, 5.41) is 10.4. The summed E-state index contributed by atoms with van der Waals surface area (Å²) >= 11 is 0. The SMILES string of the molecule is CC(C)COC(=O)[C@H](Cc1ccccc1)NP(COCCn1cnc2c(NC3CC3)nc(N)nc21)N[C@@H](Cc1ccccc1)C(=O)OCC(C)C. The molecule has 1 aliphatic carbocycles. The third-order valence-corrected chi connectivity index (χ3v) is 9.66. The summed E-state index contributed by atoms with van der Waals surface area (Å²) < 4.78 is 19.6. The fraction of sp³-hybridized carbons (Fsp3) is 0.486. The van der Waals surface area contributed by atoms with Gasteiger partial charge in [-0.2, -0.15) is 9.97 Å². The van der Waals surface area contributed by atoms with E-state index >= 15 is 0 Å². The van der Waals surface area contributed by atoms with E-state index in [1.807, 2.05) is 92.9 Å². The van der Waals surface area contributed by atoms with Crippen LogP contribution >= 0.6 is 8.22 Å². The molecule has 5 N–H and O–H groups in total. The van der Waals surface area contributed by atoms with E-state index in [4.69, 9.17) is 19.9 Å². The monoisotopic (exact) mass is 718 g/mol. The fourth-order valence-electron chi connectivity index (χ4n) is 5.21. The zero-order chi connectivity index (χ0) is 36.2. The molecule has 1 saturated carbocycles. The lowest BCUT2D eigenvalue weighted by Crippen LogP contribution is -2.45. The molecule has 2 aromatic heterocycles. The molecule has 14 heteroatoms. The Labute approximate surface area is 301 Å². The van der Waals surface area contributed by atoms with E-state index in [-0.39, 0.29) is 36.1 Å². The van der Waals surface area contributed by atoms with Crippen LogP contribution in [0.3, 0.4) is 0 Å². The number of esters is 2. The van der Waals surface area contributed by atoms with Crippen LogP contribution in [0.5, 0.6) is 0 Å². The van der Waals surface area contributed by atoms with Crippen molar-refractivity contribution in [3.05, 3.63) is 78.1 Å². The van der Waals surface area contributed by atoms with Gasteiger partial charge in [-0.3, -0.25) is 19.8 Å². The van der Waals surface area contributed by atoms with Crippen LogP contribution in [0.25, 0.3) is 11.2 Å².